The van der Waals surface area contributed by atoms with Gasteiger partial charge in [-0.2, -0.15) is 9.42 Å². The van der Waals surface area contributed by atoms with Crippen molar-refractivity contribution in [1.29, 1.82) is 0 Å². The number of nitrogens with zero attached hydrogens (tertiary/aromatic N) is 4. The first-order valence-electron chi connectivity index (χ1n) is 10.3. The van der Waals surface area contributed by atoms with Crippen molar-refractivity contribution in [2.24, 2.45) is 21.1 Å². The van der Waals surface area contributed by atoms with Crippen molar-refractivity contribution in [2.45, 2.75) is 44.4 Å². The van der Waals surface area contributed by atoms with Gasteiger partial charge < -0.3 is 5.32 Å². The summed E-state index contributed by atoms with van der Waals surface area (Å²) in [5, 5.41) is 11.9. The second-order valence-electron chi connectivity index (χ2n) is 9.32. The zero-order valence-electron chi connectivity index (χ0n) is 17.2. The molecule has 1 spiro atoms. The van der Waals surface area contributed by atoms with Crippen LogP contribution in [-0.4, -0.2) is 43.1 Å². The molecule has 0 bridgehead atoms. The third-order valence-corrected chi connectivity index (χ3v) is 8.62. The van der Waals surface area contributed by atoms with Crippen LogP contribution < -0.4 is 5.32 Å². The minimum Gasteiger partial charge on any atom is -0.342 e. The van der Waals surface area contributed by atoms with E-state index in [1.54, 1.807) is 18.3 Å². The van der Waals surface area contributed by atoms with E-state index >= 15 is 0 Å². The number of fused-ring (bicyclic) bond motifs is 2. The van der Waals surface area contributed by atoms with Gasteiger partial charge in [-0.05, 0) is 36.8 Å². The highest BCUT2D eigenvalue weighted by Gasteiger charge is 2.53. The summed E-state index contributed by atoms with van der Waals surface area (Å²) in [5.41, 5.74) is 2.23. The average Bonchev–Trinajstić information content (AvgIpc) is 3.17. The van der Waals surface area contributed by atoms with Crippen molar-refractivity contribution in [2.75, 3.05) is 19.6 Å². The van der Waals surface area contributed by atoms with Crippen molar-refractivity contribution in [3.63, 3.8) is 0 Å². The molecule has 0 aromatic carbocycles. The van der Waals surface area contributed by atoms with Crippen LogP contribution in [-0.2, 0) is 14.8 Å². The van der Waals surface area contributed by atoms with Crippen molar-refractivity contribution in [3.05, 3.63) is 47.2 Å². The summed E-state index contributed by atoms with van der Waals surface area (Å²) in [4.78, 5) is 17.4. The molecule has 8 nitrogen and oxygen atoms in total. The van der Waals surface area contributed by atoms with Crippen molar-refractivity contribution < 1.29 is 13.2 Å². The van der Waals surface area contributed by atoms with Crippen LogP contribution in [0.2, 0.25) is 0 Å². The summed E-state index contributed by atoms with van der Waals surface area (Å²) < 4.78 is 27.6. The maximum absolute atomic E-state index is 13.3. The standard InChI is InChI=1S/C21H25N5O3S/c1-20(2)10-16-18(17(27)11-20)21(15-13-23-25-19(15)24-16)5-8-26(9-6-21)30(28,29)14-4-3-7-22-12-14/h3-4,7,12,24H,5-6,8-11,13H2,1-2H3. The Morgan fingerprint density at radius 2 is 1.93 bits per heavy atom. The number of rotatable bonds is 2. The number of aromatic nitrogens is 1. The maximum atomic E-state index is 13.3. The van der Waals surface area contributed by atoms with Gasteiger partial charge in [-0.3, -0.25) is 9.78 Å². The average molecular weight is 428 g/mol. The number of dihydropyridines is 1. The van der Waals surface area contributed by atoms with Gasteiger partial charge in [0, 0.05) is 54.2 Å². The highest BCUT2D eigenvalue weighted by atomic mass is 32.2. The molecule has 0 atom stereocenters. The summed E-state index contributed by atoms with van der Waals surface area (Å²) in [5.74, 6) is 0.915. The van der Waals surface area contributed by atoms with Gasteiger partial charge >= 0.3 is 0 Å². The topological polar surface area (TPSA) is 104 Å². The predicted octanol–water partition coefficient (Wildman–Crippen LogP) is 2.78. The summed E-state index contributed by atoms with van der Waals surface area (Å²) in [7, 11) is -3.61. The number of ketones is 1. The van der Waals surface area contributed by atoms with E-state index in [4.69, 9.17) is 0 Å². The quantitative estimate of drug-likeness (QED) is 0.782. The maximum Gasteiger partial charge on any atom is 0.244 e. The smallest absolute Gasteiger partial charge is 0.244 e. The highest BCUT2D eigenvalue weighted by Crippen LogP contribution is 2.55. The fourth-order valence-electron chi connectivity index (χ4n) is 5.38. The largest absolute Gasteiger partial charge is 0.342 e. The Hall–Kier alpha value is -2.39. The number of hydrogen-bond donors (Lipinski definition) is 1. The van der Waals surface area contributed by atoms with E-state index in [-0.39, 0.29) is 16.1 Å². The Labute approximate surface area is 176 Å². The zero-order chi connectivity index (χ0) is 21.1. The molecule has 9 heteroatoms. The Kier molecular flexibility index (Phi) is 4.27. The lowest BCUT2D eigenvalue weighted by Gasteiger charge is -2.48. The molecule has 1 N–H and O–H groups in total. The first-order chi connectivity index (χ1) is 14.2. The third-order valence-electron chi connectivity index (χ3n) is 6.73. The molecule has 1 fully saturated rings. The predicted molar refractivity (Wildman–Crippen MR) is 110 cm³/mol. The molecule has 158 valence electrons. The van der Waals surface area contributed by atoms with Crippen LogP contribution in [0.15, 0.2) is 62.3 Å². The minimum absolute atomic E-state index is 0.109. The van der Waals surface area contributed by atoms with Gasteiger partial charge in [0.05, 0.1) is 6.54 Å². The number of pyridine rings is 1. The minimum atomic E-state index is -3.61. The van der Waals surface area contributed by atoms with Crippen LogP contribution in [0.1, 0.15) is 39.5 Å². The first kappa shape index (κ1) is 19.6. The van der Waals surface area contributed by atoms with E-state index in [2.05, 4.69) is 34.4 Å². The Morgan fingerprint density at radius 3 is 2.63 bits per heavy atom. The highest BCUT2D eigenvalue weighted by molar-refractivity contribution is 7.89. The Balaban J connectivity index is 1.50. The SMILES string of the molecule is CC1(C)CC(=O)C2=C(C1)NC1=C(CN=N1)C21CCN(S(=O)(=O)c2cccnc2)CC1. The van der Waals surface area contributed by atoms with Gasteiger partial charge in [0.1, 0.15) is 4.90 Å². The van der Waals surface area contributed by atoms with E-state index in [1.165, 1.54) is 10.5 Å². The van der Waals surface area contributed by atoms with Gasteiger partial charge in [-0.1, -0.05) is 13.8 Å². The van der Waals surface area contributed by atoms with Gasteiger partial charge in [0.25, 0.3) is 0 Å². The number of hydrogen-bond acceptors (Lipinski definition) is 7. The van der Waals surface area contributed by atoms with E-state index in [1.807, 2.05) is 0 Å². The molecule has 1 aromatic heterocycles. The molecule has 0 saturated carbocycles. The van der Waals surface area contributed by atoms with E-state index in [0.29, 0.717) is 38.9 Å². The number of Topliss-reactive ketones (excluding diaryl/α,β-unsaturated/α-hetero) is 1. The molecule has 4 heterocycles. The van der Waals surface area contributed by atoms with Crippen LogP contribution in [0.5, 0.6) is 0 Å². The molecule has 1 aliphatic carbocycles. The number of azo groups is 1. The van der Waals surface area contributed by atoms with Gasteiger partial charge in [0.2, 0.25) is 10.0 Å². The van der Waals surface area contributed by atoms with E-state index in [0.717, 1.165) is 29.1 Å². The number of piperidine rings is 1. The summed E-state index contributed by atoms with van der Waals surface area (Å²) in [6.45, 7) is 5.37. The molecule has 0 unspecified atom stereocenters. The molecule has 30 heavy (non-hydrogen) atoms. The van der Waals surface area contributed by atoms with Crippen LogP contribution in [0.3, 0.4) is 0 Å². The van der Waals surface area contributed by atoms with Crippen LogP contribution >= 0.6 is 0 Å². The molecule has 0 radical (unpaired) electrons. The first-order valence-corrected chi connectivity index (χ1v) is 11.7. The molecule has 3 aliphatic heterocycles. The summed E-state index contributed by atoms with van der Waals surface area (Å²) in [6.07, 6.45) is 5.34. The third kappa shape index (κ3) is 2.86. The van der Waals surface area contributed by atoms with E-state index < -0.39 is 15.4 Å². The van der Waals surface area contributed by atoms with Crippen molar-refractivity contribution in [3.8, 4) is 0 Å². The number of carbonyl (C=O) groups excluding carboxylic acids is 1. The van der Waals surface area contributed by atoms with Gasteiger partial charge in [-0.25, -0.2) is 8.42 Å². The van der Waals surface area contributed by atoms with Crippen molar-refractivity contribution in [1.82, 2.24) is 14.6 Å². The lowest BCUT2D eigenvalue weighted by Crippen LogP contribution is -2.50. The number of carbonyl (C=O) groups is 1. The number of sulfonamides is 1. The Bertz CT molecular complexity index is 1110. The second kappa shape index (κ2) is 6.55. The van der Waals surface area contributed by atoms with Gasteiger partial charge in [-0.15, -0.1) is 5.11 Å². The summed E-state index contributed by atoms with van der Waals surface area (Å²) in [6, 6.07) is 3.20. The molecule has 0 amide bonds. The lowest BCUT2D eigenvalue weighted by molar-refractivity contribution is -0.119. The van der Waals surface area contributed by atoms with Crippen LogP contribution in [0.4, 0.5) is 0 Å². The van der Waals surface area contributed by atoms with Crippen molar-refractivity contribution >= 4 is 15.8 Å². The number of nitrogens with one attached hydrogen (secondary N) is 1. The number of allylic oxidation sites excluding steroid dienone is 2. The Morgan fingerprint density at radius 1 is 1.17 bits per heavy atom. The monoisotopic (exact) mass is 427 g/mol. The fraction of sp³-hybridized carbons (Fsp3) is 0.524. The zero-order valence-corrected chi connectivity index (χ0v) is 18.0. The fourth-order valence-corrected chi connectivity index (χ4v) is 6.78. The summed E-state index contributed by atoms with van der Waals surface area (Å²) >= 11 is 0. The van der Waals surface area contributed by atoms with E-state index in [9.17, 15) is 13.2 Å². The normalized spacial score (nSPS) is 25.3. The van der Waals surface area contributed by atoms with Crippen LogP contribution in [0.25, 0.3) is 0 Å². The lowest BCUT2D eigenvalue weighted by atomic mass is 9.60. The van der Waals surface area contributed by atoms with Gasteiger partial charge in [0.15, 0.2) is 11.6 Å². The molecule has 5 rings (SSSR count). The molecule has 4 aliphatic rings. The molecular weight excluding hydrogens is 402 g/mol. The molecule has 1 aromatic rings. The molecule has 1 saturated heterocycles. The second-order valence-corrected chi connectivity index (χ2v) is 11.3. The van der Waals surface area contributed by atoms with Crippen LogP contribution in [0, 0.1) is 10.8 Å². The molecular formula is C21H25N5O3S.